The molecule has 0 amide bonds. The number of benzene rings is 3. The van der Waals surface area contributed by atoms with Gasteiger partial charge in [-0.25, -0.2) is 9.97 Å². The van der Waals surface area contributed by atoms with Gasteiger partial charge in [-0.2, -0.15) is 5.10 Å². The van der Waals surface area contributed by atoms with Crippen LogP contribution in [0.15, 0.2) is 77.9 Å². The molecule has 0 atom stereocenters. The van der Waals surface area contributed by atoms with Gasteiger partial charge in [0, 0.05) is 21.5 Å². The summed E-state index contributed by atoms with van der Waals surface area (Å²) >= 11 is 5.99. The zero-order valence-electron chi connectivity index (χ0n) is 15.1. The van der Waals surface area contributed by atoms with E-state index in [-0.39, 0.29) is 0 Å². The normalized spacial score (nSPS) is 11.1. The number of nitrogens with one attached hydrogen (secondary N) is 1. The molecule has 1 aromatic heterocycles. The molecule has 0 aliphatic rings. The van der Waals surface area contributed by atoms with Crippen molar-refractivity contribution in [2.45, 2.75) is 0 Å². The number of fused-ring (bicyclic) bond motifs is 1. The zero-order chi connectivity index (χ0) is 19.3. The Kier molecular flexibility index (Phi) is 5.17. The number of halogens is 1. The van der Waals surface area contributed by atoms with Crippen molar-refractivity contribution in [3.63, 3.8) is 0 Å². The molecule has 3 aromatic carbocycles. The maximum atomic E-state index is 5.99. The summed E-state index contributed by atoms with van der Waals surface area (Å²) in [5.41, 5.74) is 5.63. The summed E-state index contributed by atoms with van der Waals surface area (Å²) in [4.78, 5) is 9.33. The number of hydrazone groups is 1. The minimum atomic E-state index is 0.602. The minimum Gasteiger partial charge on any atom is -0.496 e. The van der Waals surface area contributed by atoms with E-state index in [0.29, 0.717) is 16.7 Å². The lowest BCUT2D eigenvalue weighted by Crippen LogP contribution is -1.99. The van der Waals surface area contributed by atoms with E-state index >= 15 is 0 Å². The Hall–Kier alpha value is -3.44. The van der Waals surface area contributed by atoms with Gasteiger partial charge in [-0.15, -0.1) is 0 Å². The molecule has 28 heavy (non-hydrogen) atoms. The predicted molar refractivity (Wildman–Crippen MR) is 114 cm³/mol. The molecule has 4 rings (SSSR count). The van der Waals surface area contributed by atoms with E-state index in [9.17, 15) is 0 Å². The molecule has 138 valence electrons. The topological polar surface area (TPSA) is 59.4 Å². The molecule has 0 unspecified atom stereocenters. The van der Waals surface area contributed by atoms with Crippen LogP contribution in [0.5, 0.6) is 5.75 Å². The Balaban J connectivity index is 1.71. The van der Waals surface area contributed by atoms with Gasteiger partial charge in [-0.3, -0.25) is 5.43 Å². The summed E-state index contributed by atoms with van der Waals surface area (Å²) in [6.07, 6.45) is 1.71. The summed E-state index contributed by atoms with van der Waals surface area (Å²) in [5, 5.41) is 5.91. The van der Waals surface area contributed by atoms with Crippen LogP contribution < -0.4 is 10.2 Å². The van der Waals surface area contributed by atoms with Crippen LogP contribution in [0.1, 0.15) is 5.56 Å². The fourth-order valence-electron chi connectivity index (χ4n) is 2.83. The number of hydrogen-bond acceptors (Lipinski definition) is 5. The van der Waals surface area contributed by atoms with Crippen molar-refractivity contribution < 1.29 is 4.74 Å². The summed E-state index contributed by atoms with van der Waals surface area (Å²) in [6.45, 7) is 0. The van der Waals surface area contributed by atoms with Gasteiger partial charge in [-0.1, -0.05) is 35.9 Å². The molecular formula is C22H17ClN4O. The quantitative estimate of drug-likeness (QED) is 0.367. The van der Waals surface area contributed by atoms with Gasteiger partial charge in [0.25, 0.3) is 0 Å². The summed E-state index contributed by atoms with van der Waals surface area (Å²) < 4.78 is 5.35. The van der Waals surface area contributed by atoms with Crippen molar-refractivity contribution in [1.29, 1.82) is 0 Å². The fraction of sp³-hybridized carbons (Fsp3) is 0.0455. The van der Waals surface area contributed by atoms with Crippen molar-refractivity contribution in [3.05, 3.63) is 83.4 Å². The lowest BCUT2D eigenvalue weighted by atomic mass is 10.2. The van der Waals surface area contributed by atoms with Crippen molar-refractivity contribution in [1.82, 2.24) is 9.97 Å². The second-order valence-electron chi connectivity index (χ2n) is 6.03. The highest BCUT2D eigenvalue weighted by Gasteiger charge is 2.09. The highest BCUT2D eigenvalue weighted by atomic mass is 35.5. The number of rotatable bonds is 5. The van der Waals surface area contributed by atoms with E-state index in [1.807, 2.05) is 72.8 Å². The monoisotopic (exact) mass is 388 g/mol. The van der Waals surface area contributed by atoms with Gasteiger partial charge in [0.1, 0.15) is 5.75 Å². The molecular weight excluding hydrogens is 372 g/mol. The van der Waals surface area contributed by atoms with Crippen LogP contribution in [0, 0.1) is 0 Å². The lowest BCUT2D eigenvalue weighted by molar-refractivity contribution is 0.414. The highest BCUT2D eigenvalue weighted by Crippen LogP contribution is 2.26. The van der Waals surface area contributed by atoms with Gasteiger partial charge < -0.3 is 4.74 Å². The second kappa shape index (κ2) is 8.06. The van der Waals surface area contributed by atoms with E-state index < -0.39 is 0 Å². The first-order valence-corrected chi connectivity index (χ1v) is 9.07. The molecule has 0 saturated carbocycles. The molecule has 0 aliphatic heterocycles. The van der Waals surface area contributed by atoms with Crippen molar-refractivity contribution in [2.75, 3.05) is 12.5 Å². The van der Waals surface area contributed by atoms with Crippen LogP contribution in [0.25, 0.3) is 22.3 Å². The molecule has 0 spiro atoms. The molecule has 6 heteroatoms. The first-order chi connectivity index (χ1) is 13.7. The van der Waals surface area contributed by atoms with Crippen LogP contribution in [0.2, 0.25) is 5.02 Å². The molecule has 0 fully saturated rings. The molecule has 1 N–H and O–H groups in total. The largest absolute Gasteiger partial charge is 0.496 e. The third-order valence-corrected chi connectivity index (χ3v) is 4.47. The Morgan fingerprint density at radius 2 is 1.68 bits per heavy atom. The van der Waals surface area contributed by atoms with Crippen molar-refractivity contribution >= 4 is 34.5 Å². The van der Waals surface area contributed by atoms with Crippen LogP contribution >= 0.6 is 11.6 Å². The number of nitrogens with zero attached hydrogens (tertiary/aromatic N) is 3. The average molecular weight is 389 g/mol. The van der Waals surface area contributed by atoms with Crippen molar-refractivity contribution in [3.8, 4) is 17.1 Å². The number of hydrogen-bond donors (Lipinski definition) is 1. The molecule has 0 bridgehead atoms. The van der Waals surface area contributed by atoms with Gasteiger partial charge in [0.2, 0.25) is 0 Å². The van der Waals surface area contributed by atoms with E-state index in [2.05, 4.69) is 20.5 Å². The molecule has 0 saturated heterocycles. The summed E-state index contributed by atoms with van der Waals surface area (Å²) in [5.74, 6) is 1.98. The number of anilines is 1. The Morgan fingerprint density at radius 3 is 2.50 bits per heavy atom. The van der Waals surface area contributed by atoms with Crippen molar-refractivity contribution in [2.24, 2.45) is 5.10 Å². The smallest absolute Gasteiger partial charge is 0.162 e. The number of para-hydroxylation sites is 2. The van der Waals surface area contributed by atoms with Crippen LogP contribution in [0.4, 0.5) is 5.82 Å². The highest BCUT2D eigenvalue weighted by molar-refractivity contribution is 6.30. The number of methoxy groups -OCH3 is 1. The molecule has 0 aliphatic carbocycles. The van der Waals surface area contributed by atoms with Crippen LogP contribution in [-0.2, 0) is 0 Å². The standard InChI is InChI=1S/C22H17ClN4O/c1-28-20-9-5-2-6-16(20)14-24-27-22-18-7-3-4-8-19(18)25-21(26-22)15-10-12-17(23)13-11-15/h2-14H,1H3,(H,25,26,27). The van der Waals surface area contributed by atoms with E-state index in [1.165, 1.54) is 0 Å². The average Bonchev–Trinajstić information content (AvgIpc) is 2.74. The lowest BCUT2D eigenvalue weighted by Gasteiger charge is -2.08. The fourth-order valence-corrected chi connectivity index (χ4v) is 2.95. The van der Waals surface area contributed by atoms with Gasteiger partial charge >= 0.3 is 0 Å². The van der Waals surface area contributed by atoms with E-state index in [1.54, 1.807) is 13.3 Å². The Morgan fingerprint density at radius 1 is 0.929 bits per heavy atom. The van der Waals surface area contributed by atoms with Gasteiger partial charge in [0.05, 0.1) is 18.8 Å². The maximum absolute atomic E-state index is 5.99. The molecule has 4 aromatic rings. The van der Waals surface area contributed by atoms with Crippen LogP contribution in [0.3, 0.4) is 0 Å². The van der Waals surface area contributed by atoms with E-state index in [4.69, 9.17) is 16.3 Å². The SMILES string of the molecule is COc1ccccc1C=NNc1nc(-c2ccc(Cl)cc2)nc2ccccc12. The third-order valence-electron chi connectivity index (χ3n) is 4.22. The summed E-state index contributed by atoms with van der Waals surface area (Å²) in [7, 11) is 1.64. The van der Waals surface area contributed by atoms with E-state index in [0.717, 1.165) is 27.8 Å². The van der Waals surface area contributed by atoms with Gasteiger partial charge in [-0.05, 0) is 48.5 Å². The van der Waals surface area contributed by atoms with Crippen LogP contribution in [-0.4, -0.2) is 23.3 Å². The first-order valence-electron chi connectivity index (χ1n) is 8.69. The molecule has 1 heterocycles. The number of aromatic nitrogens is 2. The Bertz CT molecular complexity index is 1140. The third kappa shape index (κ3) is 3.80. The minimum absolute atomic E-state index is 0.602. The Labute approximate surface area is 167 Å². The molecule has 0 radical (unpaired) electrons. The van der Waals surface area contributed by atoms with Gasteiger partial charge in [0.15, 0.2) is 11.6 Å². The number of ether oxygens (including phenoxy) is 1. The first kappa shape index (κ1) is 17.9. The molecule has 5 nitrogen and oxygen atoms in total. The zero-order valence-corrected chi connectivity index (χ0v) is 15.9. The predicted octanol–water partition coefficient (Wildman–Crippen LogP) is 5.40. The second-order valence-corrected chi connectivity index (χ2v) is 6.47. The summed E-state index contributed by atoms with van der Waals surface area (Å²) in [6, 6.07) is 22.9. The maximum Gasteiger partial charge on any atom is 0.162 e.